The highest BCUT2D eigenvalue weighted by Crippen LogP contribution is 2.25. The van der Waals surface area contributed by atoms with E-state index < -0.39 is 11.0 Å². The zero-order valence-electron chi connectivity index (χ0n) is 14.7. The zero-order valence-corrected chi connectivity index (χ0v) is 15.5. The Hall–Kier alpha value is -1.50. The van der Waals surface area contributed by atoms with Crippen LogP contribution in [0.3, 0.4) is 0 Å². The van der Waals surface area contributed by atoms with Crippen LogP contribution in [0.4, 0.5) is 0 Å². The minimum Gasteiger partial charge on any atom is -0.328 e. The number of hydrogen-bond acceptors (Lipinski definition) is 3. The minimum atomic E-state index is -1.27. The van der Waals surface area contributed by atoms with Gasteiger partial charge in [0.1, 0.15) is 11.0 Å². The molecule has 2 rings (SSSR count). The van der Waals surface area contributed by atoms with E-state index in [0.29, 0.717) is 11.9 Å². The van der Waals surface area contributed by atoms with Crippen LogP contribution < -0.4 is 10.9 Å². The molecule has 1 aromatic carbocycles. The molecule has 6 heteroatoms. The van der Waals surface area contributed by atoms with E-state index in [9.17, 15) is 9.00 Å². The van der Waals surface area contributed by atoms with Gasteiger partial charge in [-0.3, -0.25) is 4.79 Å². The average Bonchev–Trinajstić information content (AvgIpc) is 2.61. The Bertz CT molecular complexity index is 758. The number of rotatable bonds is 9. The Labute approximate surface area is 146 Å². The van der Waals surface area contributed by atoms with Crippen LogP contribution in [0.15, 0.2) is 34.1 Å². The molecule has 2 N–H and O–H groups in total. The maximum atomic E-state index is 13.1. The molecule has 0 aliphatic heterocycles. The van der Waals surface area contributed by atoms with E-state index in [1.807, 2.05) is 30.3 Å². The molecule has 2 aromatic rings. The Morgan fingerprint density at radius 1 is 1.25 bits per heavy atom. The Balaban J connectivity index is 2.38. The summed E-state index contributed by atoms with van der Waals surface area (Å²) >= 11 is 0. The van der Waals surface area contributed by atoms with Crippen molar-refractivity contribution in [2.45, 2.75) is 38.5 Å². The van der Waals surface area contributed by atoms with Crippen LogP contribution in [0.5, 0.6) is 0 Å². The molecule has 0 fully saturated rings. The molecular weight excluding hydrogens is 322 g/mol. The van der Waals surface area contributed by atoms with Gasteiger partial charge in [0.15, 0.2) is 0 Å². The summed E-state index contributed by atoms with van der Waals surface area (Å²) in [6.07, 6.45) is 3.47. The van der Waals surface area contributed by atoms with E-state index in [-0.39, 0.29) is 5.56 Å². The Kier molecular flexibility index (Phi) is 7.15. The van der Waals surface area contributed by atoms with E-state index in [4.69, 9.17) is 0 Å². The fourth-order valence-corrected chi connectivity index (χ4v) is 4.25. The fraction of sp³-hybridized carbons (Fsp3) is 0.500. The van der Waals surface area contributed by atoms with Gasteiger partial charge in [-0.1, -0.05) is 26.8 Å². The van der Waals surface area contributed by atoms with Crippen molar-refractivity contribution in [3.8, 4) is 0 Å². The van der Waals surface area contributed by atoms with Gasteiger partial charge in [0.05, 0.1) is 4.90 Å². The fourth-order valence-electron chi connectivity index (χ4n) is 2.83. The van der Waals surface area contributed by atoms with Gasteiger partial charge in [0.2, 0.25) is 0 Å². The molecule has 0 aliphatic rings. The highest BCUT2D eigenvalue weighted by Gasteiger charge is 2.18. The molecule has 1 heterocycles. The van der Waals surface area contributed by atoms with Gasteiger partial charge in [-0.2, -0.15) is 0 Å². The molecule has 132 valence electrons. The lowest BCUT2D eigenvalue weighted by Gasteiger charge is -2.21. The lowest BCUT2D eigenvalue weighted by Crippen LogP contribution is -2.29. The van der Waals surface area contributed by atoms with Crippen molar-refractivity contribution in [3.05, 3.63) is 40.3 Å². The first-order valence-electron chi connectivity index (χ1n) is 8.64. The number of aromatic nitrogens is 1. The minimum absolute atomic E-state index is 0.128. The molecule has 1 atom stereocenters. The number of aryl methyl sites for hydroxylation is 1. The molecule has 1 unspecified atom stereocenters. The molecule has 0 saturated heterocycles. The monoisotopic (exact) mass is 349 g/mol. The van der Waals surface area contributed by atoms with Crippen molar-refractivity contribution >= 4 is 21.8 Å². The highest BCUT2D eigenvalue weighted by molar-refractivity contribution is 7.83. The molecule has 0 spiro atoms. The van der Waals surface area contributed by atoms with Crippen molar-refractivity contribution in [2.75, 3.05) is 26.2 Å². The summed E-state index contributed by atoms with van der Waals surface area (Å²) in [7, 11) is -1.27. The number of aromatic amines is 1. The second kappa shape index (κ2) is 9.11. The maximum Gasteiger partial charge on any atom is 0.255 e. The third-order valence-electron chi connectivity index (χ3n) is 4.14. The molecule has 0 bridgehead atoms. The normalized spacial score (nSPS) is 12.8. The molecular formula is C18H27N3O2S. The van der Waals surface area contributed by atoms with Gasteiger partial charge in [-0.25, -0.2) is 8.51 Å². The maximum absolute atomic E-state index is 13.1. The topological polar surface area (TPSA) is 65.2 Å². The number of nitrogens with zero attached hydrogens (tertiary/aromatic N) is 1. The number of fused-ring (bicyclic) bond motifs is 1. The van der Waals surface area contributed by atoms with Crippen LogP contribution in [-0.4, -0.2) is 39.7 Å². The Morgan fingerprint density at radius 2 is 2.04 bits per heavy atom. The predicted molar refractivity (Wildman–Crippen MR) is 101 cm³/mol. The van der Waals surface area contributed by atoms with Crippen LogP contribution in [0.25, 0.3) is 10.8 Å². The van der Waals surface area contributed by atoms with Gasteiger partial charge in [0, 0.05) is 30.1 Å². The first-order chi connectivity index (χ1) is 11.6. The summed E-state index contributed by atoms with van der Waals surface area (Å²) < 4.78 is 15.1. The molecule has 0 radical (unpaired) electrons. The van der Waals surface area contributed by atoms with Crippen molar-refractivity contribution in [1.29, 1.82) is 0 Å². The first kappa shape index (κ1) is 18.8. The number of nitrogens with one attached hydrogen (secondary N) is 2. The van der Waals surface area contributed by atoms with E-state index >= 15 is 0 Å². The average molecular weight is 350 g/mol. The summed E-state index contributed by atoms with van der Waals surface area (Å²) in [4.78, 5) is 15.6. The van der Waals surface area contributed by atoms with Crippen LogP contribution in [0.1, 0.15) is 32.8 Å². The van der Waals surface area contributed by atoms with Crippen LogP contribution in [-0.2, 0) is 17.4 Å². The SMILES string of the molecule is CCNCCCN(CC)S(=O)c1cccc2c(=O)[nH]cc(CC)c12. The van der Waals surface area contributed by atoms with Crippen LogP contribution in [0, 0.1) is 0 Å². The lowest BCUT2D eigenvalue weighted by molar-refractivity contribution is 0.449. The molecule has 5 nitrogen and oxygen atoms in total. The van der Waals surface area contributed by atoms with Crippen molar-refractivity contribution in [2.24, 2.45) is 0 Å². The summed E-state index contributed by atoms with van der Waals surface area (Å²) in [5.74, 6) is 0. The number of pyridine rings is 1. The molecule has 24 heavy (non-hydrogen) atoms. The number of benzene rings is 1. The number of hydrogen-bond donors (Lipinski definition) is 2. The van der Waals surface area contributed by atoms with Crippen LogP contribution in [0.2, 0.25) is 0 Å². The van der Waals surface area contributed by atoms with Gasteiger partial charge >= 0.3 is 0 Å². The van der Waals surface area contributed by atoms with Gasteiger partial charge < -0.3 is 10.3 Å². The quantitative estimate of drug-likeness (QED) is 0.684. The van der Waals surface area contributed by atoms with Crippen molar-refractivity contribution < 1.29 is 4.21 Å². The predicted octanol–water partition coefficient (Wildman–Crippen LogP) is 2.43. The summed E-state index contributed by atoms with van der Waals surface area (Å²) in [6.45, 7) is 9.47. The van der Waals surface area contributed by atoms with E-state index in [1.54, 1.807) is 12.3 Å². The van der Waals surface area contributed by atoms with Gasteiger partial charge in [0.25, 0.3) is 5.56 Å². The Morgan fingerprint density at radius 3 is 2.71 bits per heavy atom. The summed E-state index contributed by atoms with van der Waals surface area (Å²) in [5.41, 5.74) is 0.897. The summed E-state index contributed by atoms with van der Waals surface area (Å²) in [5, 5.41) is 4.75. The van der Waals surface area contributed by atoms with E-state index in [1.165, 1.54) is 0 Å². The third kappa shape index (κ3) is 4.12. The van der Waals surface area contributed by atoms with Crippen molar-refractivity contribution in [3.63, 3.8) is 0 Å². The largest absolute Gasteiger partial charge is 0.328 e. The molecule has 0 amide bonds. The standard InChI is InChI=1S/C18H27N3O2S/c1-4-14-13-20-18(22)15-9-7-10-16(17(14)15)24(23)21(6-3)12-8-11-19-5-2/h7,9-10,13,19H,4-6,8,11-12H2,1-3H3,(H,20,22). The highest BCUT2D eigenvalue weighted by atomic mass is 32.2. The van der Waals surface area contributed by atoms with Crippen LogP contribution >= 0.6 is 0 Å². The second-order valence-electron chi connectivity index (χ2n) is 5.65. The lowest BCUT2D eigenvalue weighted by atomic mass is 10.1. The van der Waals surface area contributed by atoms with E-state index in [0.717, 1.165) is 48.3 Å². The molecule has 0 aliphatic carbocycles. The van der Waals surface area contributed by atoms with Crippen molar-refractivity contribution in [1.82, 2.24) is 14.6 Å². The number of H-pyrrole nitrogens is 1. The zero-order chi connectivity index (χ0) is 17.5. The third-order valence-corrected chi connectivity index (χ3v) is 5.76. The summed E-state index contributed by atoms with van der Waals surface area (Å²) in [6, 6.07) is 5.50. The van der Waals surface area contributed by atoms with Gasteiger partial charge in [-0.15, -0.1) is 0 Å². The smallest absolute Gasteiger partial charge is 0.255 e. The first-order valence-corrected chi connectivity index (χ1v) is 9.75. The second-order valence-corrected chi connectivity index (χ2v) is 7.11. The van der Waals surface area contributed by atoms with Gasteiger partial charge in [-0.05, 0) is 43.6 Å². The molecule has 1 aromatic heterocycles. The molecule has 0 saturated carbocycles. The van der Waals surface area contributed by atoms with E-state index in [2.05, 4.69) is 17.2 Å².